The zero-order chi connectivity index (χ0) is 22.8. The lowest BCUT2D eigenvalue weighted by molar-refractivity contribution is -0.150. The molecule has 0 saturated carbocycles. The number of hydrogen-bond acceptors (Lipinski definition) is 7. The Labute approximate surface area is 181 Å². The standard InChI is InChI=1S/C21H28N2O5.CH2O2/c1-13-17(18-15(24)5-4-6-16(18)27-13)19(25)23-9-7-21(8-10-23)11-14(12-22(2)3)28-20(21)26;2-1-3/h14H,4-12H2,1-3H3;1H,(H,2,3). The summed E-state index contributed by atoms with van der Waals surface area (Å²) in [6.07, 6.45) is 3.79. The monoisotopic (exact) mass is 434 g/mol. The maximum absolute atomic E-state index is 13.2. The second kappa shape index (κ2) is 9.21. The number of likely N-dealkylation sites (N-methyl/N-ethyl adjacent to an activating group) is 1. The van der Waals surface area contributed by atoms with Crippen molar-refractivity contribution < 1.29 is 33.4 Å². The van der Waals surface area contributed by atoms with Gasteiger partial charge in [0.25, 0.3) is 12.4 Å². The van der Waals surface area contributed by atoms with Crippen LogP contribution in [0.15, 0.2) is 4.42 Å². The van der Waals surface area contributed by atoms with E-state index in [9.17, 15) is 14.4 Å². The summed E-state index contributed by atoms with van der Waals surface area (Å²) in [5.41, 5.74) is 0.438. The fraction of sp³-hybridized carbons (Fsp3) is 0.636. The molecule has 1 spiro atoms. The van der Waals surface area contributed by atoms with Gasteiger partial charge in [-0.05, 0) is 40.3 Å². The molecule has 31 heavy (non-hydrogen) atoms. The minimum Gasteiger partial charge on any atom is -0.483 e. The lowest BCUT2D eigenvalue weighted by Crippen LogP contribution is -2.45. The molecule has 9 heteroatoms. The molecule has 2 aliphatic heterocycles. The fourth-order valence-electron chi connectivity index (χ4n) is 4.92. The zero-order valence-electron chi connectivity index (χ0n) is 18.3. The minimum absolute atomic E-state index is 0.000766. The molecule has 1 aliphatic carbocycles. The predicted molar refractivity (Wildman–Crippen MR) is 110 cm³/mol. The van der Waals surface area contributed by atoms with Gasteiger partial charge < -0.3 is 24.1 Å². The van der Waals surface area contributed by atoms with Crippen LogP contribution in [0, 0.1) is 12.3 Å². The second-order valence-electron chi connectivity index (χ2n) is 8.78. The molecule has 1 aromatic heterocycles. The molecule has 1 N–H and O–H groups in total. The van der Waals surface area contributed by atoms with Crippen LogP contribution in [0.25, 0.3) is 0 Å². The first kappa shape index (κ1) is 23.0. The van der Waals surface area contributed by atoms with Crippen LogP contribution < -0.4 is 0 Å². The molecule has 0 bridgehead atoms. The maximum Gasteiger partial charge on any atom is 0.312 e. The number of carboxylic acid groups (broad SMARTS) is 1. The number of cyclic esters (lactones) is 1. The van der Waals surface area contributed by atoms with E-state index in [1.165, 1.54) is 0 Å². The molecule has 0 aromatic carbocycles. The van der Waals surface area contributed by atoms with E-state index in [-0.39, 0.29) is 30.2 Å². The molecule has 0 radical (unpaired) electrons. The van der Waals surface area contributed by atoms with Crippen molar-refractivity contribution in [2.75, 3.05) is 33.7 Å². The largest absolute Gasteiger partial charge is 0.483 e. The van der Waals surface area contributed by atoms with E-state index in [0.717, 1.165) is 13.0 Å². The van der Waals surface area contributed by atoms with Crippen LogP contribution in [0.2, 0.25) is 0 Å². The molecule has 4 rings (SSSR count). The summed E-state index contributed by atoms with van der Waals surface area (Å²) in [5, 5.41) is 6.89. The Morgan fingerprint density at radius 2 is 1.90 bits per heavy atom. The van der Waals surface area contributed by atoms with Crippen LogP contribution >= 0.6 is 0 Å². The highest BCUT2D eigenvalue weighted by Crippen LogP contribution is 2.43. The van der Waals surface area contributed by atoms with E-state index in [0.29, 0.717) is 67.8 Å². The van der Waals surface area contributed by atoms with Gasteiger partial charge in [0.1, 0.15) is 17.6 Å². The van der Waals surface area contributed by atoms with Gasteiger partial charge in [-0.2, -0.15) is 0 Å². The second-order valence-corrected chi connectivity index (χ2v) is 8.78. The number of carbonyl (C=O) groups excluding carboxylic acids is 3. The lowest BCUT2D eigenvalue weighted by atomic mass is 9.76. The van der Waals surface area contributed by atoms with Crippen molar-refractivity contribution in [3.8, 4) is 0 Å². The van der Waals surface area contributed by atoms with Crippen molar-refractivity contribution in [2.45, 2.75) is 51.6 Å². The molecule has 3 heterocycles. The van der Waals surface area contributed by atoms with E-state index < -0.39 is 5.41 Å². The van der Waals surface area contributed by atoms with Gasteiger partial charge in [0.15, 0.2) is 5.78 Å². The molecule has 2 saturated heterocycles. The molecule has 170 valence electrons. The minimum atomic E-state index is -0.474. The third kappa shape index (κ3) is 4.51. The van der Waals surface area contributed by atoms with Crippen molar-refractivity contribution in [1.29, 1.82) is 0 Å². The first-order valence-corrected chi connectivity index (χ1v) is 10.6. The number of fused-ring (bicyclic) bond motifs is 1. The highest BCUT2D eigenvalue weighted by molar-refractivity contribution is 6.10. The van der Waals surface area contributed by atoms with E-state index >= 15 is 0 Å². The molecule has 1 atom stereocenters. The Morgan fingerprint density at radius 1 is 1.26 bits per heavy atom. The smallest absolute Gasteiger partial charge is 0.312 e. The first-order valence-electron chi connectivity index (χ1n) is 10.6. The van der Waals surface area contributed by atoms with Crippen molar-refractivity contribution in [2.24, 2.45) is 5.41 Å². The fourth-order valence-corrected chi connectivity index (χ4v) is 4.92. The number of likely N-dealkylation sites (tertiary alicyclic amines) is 1. The molecule has 9 nitrogen and oxygen atoms in total. The number of hydrogen-bond donors (Lipinski definition) is 1. The number of aryl methyl sites for hydroxylation is 2. The summed E-state index contributed by atoms with van der Waals surface area (Å²) in [6, 6.07) is 0. The van der Waals surface area contributed by atoms with Crippen LogP contribution in [-0.4, -0.2) is 78.9 Å². The maximum atomic E-state index is 13.2. The molecule has 1 amide bonds. The van der Waals surface area contributed by atoms with Crippen LogP contribution in [-0.2, 0) is 20.7 Å². The van der Waals surface area contributed by atoms with Crippen LogP contribution in [0.1, 0.15) is 64.3 Å². The number of amides is 1. The van der Waals surface area contributed by atoms with Crippen molar-refractivity contribution in [1.82, 2.24) is 9.80 Å². The SMILES string of the molecule is Cc1oc2c(c1C(=O)N1CCC3(CC1)CC(CN(C)C)OC3=O)C(=O)CCC2.O=CO. The van der Waals surface area contributed by atoms with Gasteiger partial charge in [-0.1, -0.05) is 0 Å². The van der Waals surface area contributed by atoms with Crippen molar-refractivity contribution >= 4 is 24.1 Å². The third-order valence-corrected chi connectivity index (χ3v) is 6.36. The van der Waals surface area contributed by atoms with Gasteiger partial charge in [0.2, 0.25) is 0 Å². The number of Topliss-reactive ketones (excluding diaryl/α,β-unsaturated/α-hetero) is 1. The first-order chi connectivity index (χ1) is 14.7. The molecule has 1 unspecified atom stereocenters. The number of piperidine rings is 1. The summed E-state index contributed by atoms with van der Waals surface area (Å²) >= 11 is 0. The summed E-state index contributed by atoms with van der Waals surface area (Å²) in [4.78, 5) is 50.2. The topological polar surface area (TPSA) is 117 Å². The van der Waals surface area contributed by atoms with E-state index in [4.69, 9.17) is 19.1 Å². The third-order valence-electron chi connectivity index (χ3n) is 6.36. The summed E-state index contributed by atoms with van der Waals surface area (Å²) < 4.78 is 11.3. The average molecular weight is 434 g/mol. The Morgan fingerprint density at radius 3 is 2.52 bits per heavy atom. The predicted octanol–water partition coefficient (Wildman–Crippen LogP) is 1.91. The highest BCUT2D eigenvalue weighted by Gasteiger charge is 2.51. The molecule has 3 aliphatic rings. The van der Waals surface area contributed by atoms with Crippen molar-refractivity contribution in [3.63, 3.8) is 0 Å². The number of ether oxygens (including phenoxy) is 1. The number of nitrogens with zero attached hydrogens (tertiary/aromatic N) is 2. The Hall–Kier alpha value is -2.68. The normalized spacial score (nSPS) is 22.1. The quantitative estimate of drug-likeness (QED) is 0.566. The van der Waals surface area contributed by atoms with E-state index in [1.54, 1.807) is 11.8 Å². The summed E-state index contributed by atoms with van der Waals surface area (Å²) in [6.45, 7) is 3.22. The Kier molecular flexibility index (Phi) is 6.83. The molecule has 2 fully saturated rings. The van der Waals surface area contributed by atoms with Gasteiger partial charge >= 0.3 is 5.97 Å². The molecular weight excluding hydrogens is 404 g/mol. The summed E-state index contributed by atoms with van der Waals surface area (Å²) in [5.74, 6) is 0.900. The van der Waals surface area contributed by atoms with Crippen molar-refractivity contribution in [3.05, 3.63) is 22.6 Å². The zero-order valence-corrected chi connectivity index (χ0v) is 18.3. The van der Waals surface area contributed by atoms with Gasteiger partial charge in [-0.3, -0.25) is 19.2 Å². The summed E-state index contributed by atoms with van der Waals surface area (Å²) in [7, 11) is 3.94. The number of ketones is 1. The molecule has 1 aromatic rings. The van der Waals surface area contributed by atoms with Crippen LogP contribution in [0.3, 0.4) is 0 Å². The van der Waals surface area contributed by atoms with E-state index in [2.05, 4.69) is 0 Å². The number of rotatable bonds is 3. The lowest BCUT2D eigenvalue weighted by Gasteiger charge is -2.36. The van der Waals surface area contributed by atoms with Gasteiger partial charge in [-0.25, -0.2) is 0 Å². The van der Waals surface area contributed by atoms with E-state index in [1.807, 2.05) is 19.0 Å². The van der Waals surface area contributed by atoms with Crippen LogP contribution in [0.5, 0.6) is 0 Å². The van der Waals surface area contributed by atoms with Gasteiger partial charge in [-0.15, -0.1) is 0 Å². The Bertz CT molecular complexity index is 865. The number of carbonyl (C=O) groups is 4. The van der Waals surface area contributed by atoms with Crippen LogP contribution in [0.4, 0.5) is 0 Å². The highest BCUT2D eigenvalue weighted by atomic mass is 16.6. The number of furan rings is 1. The average Bonchev–Trinajstić information content (AvgIpc) is 3.19. The Balaban J connectivity index is 0.000000858. The number of esters is 1. The molecular formula is C22H30N2O7. The van der Waals surface area contributed by atoms with Gasteiger partial charge in [0, 0.05) is 38.9 Å². The van der Waals surface area contributed by atoms with Gasteiger partial charge in [0.05, 0.1) is 16.5 Å².